The second-order valence-electron chi connectivity index (χ2n) is 6.96. The standard InChI is InChI=1S/C17H26N4O4S/c1-19-26(23,24)16-7-13(15(25-2)8-14(16)18)17(22)20-12-5-6-21(10-12)9-11-3-4-11/h7-8,11-12,19H,3-6,9-10,18H2,1-2H3,(H,20,22). The Labute approximate surface area is 154 Å². The molecule has 26 heavy (non-hydrogen) atoms. The number of nitrogens with one attached hydrogen (secondary N) is 2. The van der Waals surface area contributed by atoms with Gasteiger partial charge < -0.3 is 20.7 Å². The normalized spacial score (nSPS) is 20.9. The summed E-state index contributed by atoms with van der Waals surface area (Å²) in [7, 11) is -1.05. The van der Waals surface area contributed by atoms with Gasteiger partial charge in [-0.05, 0) is 38.3 Å². The van der Waals surface area contributed by atoms with Crippen LogP contribution in [0.3, 0.4) is 0 Å². The van der Waals surface area contributed by atoms with E-state index in [1.165, 1.54) is 39.1 Å². The summed E-state index contributed by atoms with van der Waals surface area (Å²) >= 11 is 0. The van der Waals surface area contributed by atoms with Crippen LogP contribution in [0.4, 0.5) is 5.69 Å². The van der Waals surface area contributed by atoms with E-state index < -0.39 is 10.0 Å². The molecule has 8 nitrogen and oxygen atoms in total. The lowest BCUT2D eigenvalue weighted by molar-refractivity contribution is 0.0934. The Hall–Kier alpha value is -1.84. The van der Waals surface area contributed by atoms with E-state index in [1.54, 1.807) is 0 Å². The maximum atomic E-state index is 12.7. The maximum Gasteiger partial charge on any atom is 0.255 e. The molecule has 1 unspecified atom stereocenters. The molecule has 4 N–H and O–H groups in total. The molecule has 0 aromatic heterocycles. The van der Waals surface area contributed by atoms with Crippen LogP contribution in [0.2, 0.25) is 0 Å². The molecule has 9 heteroatoms. The first-order chi connectivity index (χ1) is 12.3. The zero-order chi connectivity index (χ0) is 18.9. The maximum absolute atomic E-state index is 12.7. The number of hydrogen-bond donors (Lipinski definition) is 3. The molecule has 1 saturated carbocycles. The summed E-state index contributed by atoms with van der Waals surface area (Å²) in [6.07, 6.45) is 3.50. The van der Waals surface area contributed by atoms with Crippen LogP contribution < -0.4 is 20.5 Å². The van der Waals surface area contributed by atoms with E-state index in [-0.39, 0.29) is 33.8 Å². The van der Waals surface area contributed by atoms with Crippen molar-refractivity contribution in [3.8, 4) is 5.75 Å². The molecular formula is C17H26N4O4S. The monoisotopic (exact) mass is 382 g/mol. The SMILES string of the molecule is CNS(=O)(=O)c1cc(C(=O)NC2CCN(CC3CC3)C2)c(OC)cc1N. The number of likely N-dealkylation sites (tertiary alicyclic amines) is 1. The fraction of sp³-hybridized carbons (Fsp3) is 0.588. The highest BCUT2D eigenvalue weighted by Crippen LogP contribution is 2.31. The highest BCUT2D eigenvalue weighted by Gasteiger charge is 2.30. The van der Waals surface area contributed by atoms with E-state index in [2.05, 4.69) is 14.9 Å². The fourth-order valence-corrected chi connectivity index (χ4v) is 4.17. The third kappa shape index (κ3) is 4.11. The van der Waals surface area contributed by atoms with E-state index in [4.69, 9.17) is 10.5 Å². The van der Waals surface area contributed by atoms with Crippen molar-refractivity contribution < 1.29 is 17.9 Å². The van der Waals surface area contributed by atoms with Crippen LogP contribution >= 0.6 is 0 Å². The number of carbonyl (C=O) groups is 1. The van der Waals surface area contributed by atoms with Crippen molar-refractivity contribution in [2.24, 2.45) is 5.92 Å². The number of nitrogen functional groups attached to an aromatic ring is 1. The van der Waals surface area contributed by atoms with Crippen LogP contribution in [-0.4, -0.2) is 59.1 Å². The van der Waals surface area contributed by atoms with Crippen molar-refractivity contribution in [1.82, 2.24) is 14.9 Å². The molecule has 1 aromatic carbocycles. The van der Waals surface area contributed by atoms with Crippen molar-refractivity contribution in [2.45, 2.75) is 30.2 Å². The van der Waals surface area contributed by atoms with Gasteiger partial charge >= 0.3 is 0 Å². The average Bonchev–Trinajstić information content (AvgIpc) is 3.32. The molecular weight excluding hydrogens is 356 g/mol. The minimum absolute atomic E-state index is 0.0317. The third-order valence-electron chi connectivity index (χ3n) is 4.96. The number of anilines is 1. The Morgan fingerprint density at radius 2 is 2.08 bits per heavy atom. The predicted molar refractivity (Wildman–Crippen MR) is 98.7 cm³/mol. The van der Waals surface area contributed by atoms with Gasteiger partial charge in [0, 0.05) is 31.7 Å². The summed E-state index contributed by atoms with van der Waals surface area (Å²) in [5, 5.41) is 2.99. The van der Waals surface area contributed by atoms with Gasteiger partial charge in [-0.2, -0.15) is 0 Å². The molecule has 3 rings (SSSR count). The Balaban J connectivity index is 1.76. The molecule has 1 atom stereocenters. The van der Waals surface area contributed by atoms with Gasteiger partial charge in [0.05, 0.1) is 18.4 Å². The summed E-state index contributed by atoms with van der Waals surface area (Å²) in [6, 6.07) is 2.69. The lowest BCUT2D eigenvalue weighted by Crippen LogP contribution is -2.37. The number of rotatable bonds is 7. The van der Waals surface area contributed by atoms with E-state index in [0.717, 1.165) is 32.0 Å². The molecule has 144 valence electrons. The summed E-state index contributed by atoms with van der Waals surface area (Å²) in [6.45, 7) is 2.89. The van der Waals surface area contributed by atoms with E-state index >= 15 is 0 Å². The quantitative estimate of drug-likeness (QED) is 0.588. The van der Waals surface area contributed by atoms with Gasteiger partial charge in [0.25, 0.3) is 5.91 Å². The Bertz CT molecular complexity index is 792. The van der Waals surface area contributed by atoms with Crippen LogP contribution in [0, 0.1) is 5.92 Å². The minimum atomic E-state index is -3.77. The van der Waals surface area contributed by atoms with Crippen molar-refractivity contribution in [1.29, 1.82) is 0 Å². The number of sulfonamides is 1. The summed E-state index contributed by atoms with van der Waals surface area (Å²) < 4.78 is 31.7. The van der Waals surface area contributed by atoms with E-state index in [1.807, 2.05) is 0 Å². The van der Waals surface area contributed by atoms with Crippen LogP contribution in [0.5, 0.6) is 5.75 Å². The first kappa shape index (κ1) is 18.9. The Morgan fingerprint density at radius 1 is 1.35 bits per heavy atom. The topological polar surface area (TPSA) is 114 Å². The second-order valence-corrected chi connectivity index (χ2v) is 8.81. The average molecular weight is 382 g/mol. The van der Waals surface area contributed by atoms with Crippen LogP contribution in [0.15, 0.2) is 17.0 Å². The number of hydrogen-bond acceptors (Lipinski definition) is 6. The summed E-state index contributed by atoms with van der Waals surface area (Å²) in [4.78, 5) is 15.0. The highest BCUT2D eigenvalue weighted by molar-refractivity contribution is 7.89. The van der Waals surface area contributed by atoms with Crippen LogP contribution in [0.1, 0.15) is 29.6 Å². The molecule has 1 saturated heterocycles. The van der Waals surface area contributed by atoms with Gasteiger partial charge in [-0.3, -0.25) is 4.79 Å². The van der Waals surface area contributed by atoms with E-state index in [0.29, 0.717) is 0 Å². The third-order valence-corrected chi connectivity index (χ3v) is 6.43. The Kier molecular flexibility index (Phi) is 5.40. The van der Waals surface area contributed by atoms with Crippen LogP contribution in [-0.2, 0) is 10.0 Å². The van der Waals surface area contributed by atoms with Gasteiger partial charge in [-0.25, -0.2) is 13.1 Å². The Morgan fingerprint density at radius 3 is 2.69 bits per heavy atom. The van der Waals surface area contributed by atoms with Gasteiger partial charge in [0.2, 0.25) is 10.0 Å². The van der Waals surface area contributed by atoms with Crippen LogP contribution in [0.25, 0.3) is 0 Å². The largest absolute Gasteiger partial charge is 0.496 e. The van der Waals surface area contributed by atoms with Crippen molar-refractivity contribution in [3.63, 3.8) is 0 Å². The number of nitrogens with two attached hydrogens (primary N) is 1. The lowest BCUT2D eigenvalue weighted by Gasteiger charge is -2.18. The van der Waals surface area contributed by atoms with Gasteiger partial charge in [-0.1, -0.05) is 0 Å². The zero-order valence-corrected chi connectivity index (χ0v) is 15.9. The minimum Gasteiger partial charge on any atom is -0.496 e. The van der Waals surface area contributed by atoms with Crippen molar-refractivity contribution in [2.75, 3.05) is 39.5 Å². The predicted octanol–water partition coefficient (Wildman–Crippen LogP) is 0.400. The lowest BCUT2D eigenvalue weighted by atomic mass is 10.1. The molecule has 0 spiro atoms. The molecule has 2 aliphatic rings. The molecule has 0 bridgehead atoms. The summed E-state index contributed by atoms with van der Waals surface area (Å²) in [5.74, 6) is 0.714. The van der Waals surface area contributed by atoms with Gasteiger partial charge in [0.1, 0.15) is 10.6 Å². The van der Waals surface area contributed by atoms with Crippen molar-refractivity contribution in [3.05, 3.63) is 17.7 Å². The number of nitrogens with zero attached hydrogens (tertiary/aromatic N) is 1. The molecule has 1 heterocycles. The fourth-order valence-electron chi connectivity index (χ4n) is 3.31. The number of ether oxygens (including phenoxy) is 1. The molecule has 1 aliphatic heterocycles. The smallest absolute Gasteiger partial charge is 0.255 e. The molecule has 2 fully saturated rings. The molecule has 1 aliphatic carbocycles. The number of carbonyl (C=O) groups excluding carboxylic acids is 1. The zero-order valence-electron chi connectivity index (χ0n) is 15.1. The molecule has 1 amide bonds. The number of amides is 1. The summed E-state index contributed by atoms with van der Waals surface area (Å²) in [5.41, 5.74) is 6.02. The molecule has 1 aromatic rings. The number of benzene rings is 1. The highest BCUT2D eigenvalue weighted by atomic mass is 32.2. The first-order valence-electron chi connectivity index (χ1n) is 8.78. The second kappa shape index (κ2) is 7.42. The van der Waals surface area contributed by atoms with Gasteiger partial charge in [-0.15, -0.1) is 0 Å². The van der Waals surface area contributed by atoms with Gasteiger partial charge in [0.15, 0.2) is 0 Å². The number of methoxy groups -OCH3 is 1. The first-order valence-corrected chi connectivity index (χ1v) is 10.3. The van der Waals surface area contributed by atoms with E-state index in [9.17, 15) is 13.2 Å². The van der Waals surface area contributed by atoms with Crippen molar-refractivity contribution >= 4 is 21.6 Å². The molecule has 0 radical (unpaired) electrons.